The minimum atomic E-state index is -0.259. The van der Waals surface area contributed by atoms with Crippen LogP contribution in [0.5, 0.6) is 0 Å². The van der Waals surface area contributed by atoms with E-state index in [0.717, 1.165) is 43.4 Å². The van der Waals surface area contributed by atoms with E-state index < -0.39 is 0 Å². The molecule has 0 radical (unpaired) electrons. The molecule has 0 spiro atoms. The maximum atomic E-state index is 12.8. The molecule has 1 heterocycles. The van der Waals surface area contributed by atoms with Gasteiger partial charge in [-0.1, -0.05) is 38.0 Å². The van der Waals surface area contributed by atoms with Gasteiger partial charge in [0.05, 0.1) is 18.4 Å². The molecule has 1 saturated carbocycles. The van der Waals surface area contributed by atoms with Gasteiger partial charge in [-0.15, -0.1) is 0 Å². The highest BCUT2D eigenvalue weighted by Crippen LogP contribution is 2.38. The highest BCUT2D eigenvalue weighted by molar-refractivity contribution is 6.05. The number of hydrogen-bond acceptors (Lipinski definition) is 4. The lowest BCUT2D eigenvalue weighted by Gasteiger charge is -2.23. The zero-order valence-electron chi connectivity index (χ0n) is 17.9. The highest BCUT2D eigenvalue weighted by Gasteiger charge is 2.47. The standard InChI is InChI=1S/C23H31N3O4/c1-3-13-25(15-20(27)24-19-11-7-4-8-16(19)2)21(28)12-14-26-22(29)17-9-5-6-10-18(17)23(26)30/h4,7-8,11,17-18H,3,5-6,9-10,12-15H2,1-2H3,(H,24,27)/t17-,18-/m1/s1. The molecule has 0 unspecified atom stereocenters. The number of nitrogens with zero attached hydrogens (tertiary/aromatic N) is 2. The molecule has 2 atom stereocenters. The number of nitrogens with one attached hydrogen (secondary N) is 1. The van der Waals surface area contributed by atoms with Crippen molar-refractivity contribution in [3.05, 3.63) is 29.8 Å². The Kier molecular flexibility index (Phi) is 7.24. The van der Waals surface area contributed by atoms with Crippen molar-refractivity contribution in [2.24, 2.45) is 11.8 Å². The first-order valence-corrected chi connectivity index (χ1v) is 10.9. The van der Waals surface area contributed by atoms with Gasteiger partial charge in [-0.3, -0.25) is 24.1 Å². The molecule has 7 heteroatoms. The largest absolute Gasteiger partial charge is 0.333 e. The number of rotatable bonds is 8. The fourth-order valence-corrected chi connectivity index (χ4v) is 4.45. The average Bonchev–Trinajstić information content (AvgIpc) is 2.98. The van der Waals surface area contributed by atoms with Crippen molar-refractivity contribution >= 4 is 29.3 Å². The number of carbonyl (C=O) groups excluding carboxylic acids is 4. The number of benzene rings is 1. The van der Waals surface area contributed by atoms with Crippen molar-refractivity contribution in [2.45, 2.75) is 52.4 Å². The number of aryl methyl sites for hydroxylation is 1. The summed E-state index contributed by atoms with van der Waals surface area (Å²) in [6.07, 6.45) is 4.26. The van der Waals surface area contributed by atoms with Crippen LogP contribution in [-0.4, -0.2) is 53.1 Å². The molecule has 0 aromatic heterocycles. The Balaban J connectivity index is 1.56. The minimum Gasteiger partial charge on any atom is -0.333 e. The summed E-state index contributed by atoms with van der Waals surface area (Å²) in [6.45, 7) is 4.36. The Bertz CT molecular complexity index is 798. The van der Waals surface area contributed by atoms with Crippen molar-refractivity contribution in [3.8, 4) is 0 Å². The molecule has 3 rings (SSSR count). The van der Waals surface area contributed by atoms with Crippen LogP contribution in [-0.2, 0) is 19.2 Å². The second-order valence-electron chi connectivity index (χ2n) is 8.25. The molecular weight excluding hydrogens is 382 g/mol. The number of carbonyl (C=O) groups is 4. The van der Waals surface area contributed by atoms with Crippen LogP contribution >= 0.6 is 0 Å². The summed E-state index contributed by atoms with van der Waals surface area (Å²) in [4.78, 5) is 53.2. The lowest BCUT2D eigenvalue weighted by molar-refractivity contribution is -0.141. The van der Waals surface area contributed by atoms with Gasteiger partial charge in [0.1, 0.15) is 0 Å². The van der Waals surface area contributed by atoms with Crippen molar-refractivity contribution in [1.82, 2.24) is 9.80 Å². The summed E-state index contributed by atoms with van der Waals surface area (Å²) in [7, 11) is 0. The molecule has 1 aliphatic carbocycles. The van der Waals surface area contributed by atoms with E-state index >= 15 is 0 Å². The Hall–Kier alpha value is -2.70. The summed E-state index contributed by atoms with van der Waals surface area (Å²) in [5.74, 6) is -1.13. The van der Waals surface area contributed by atoms with Crippen molar-refractivity contribution in [2.75, 3.05) is 25.0 Å². The monoisotopic (exact) mass is 413 g/mol. The number of para-hydroxylation sites is 1. The quantitative estimate of drug-likeness (QED) is 0.664. The third kappa shape index (κ3) is 4.89. The van der Waals surface area contributed by atoms with Crippen LogP contribution in [0.2, 0.25) is 0 Å². The molecule has 1 aromatic rings. The van der Waals surface area contributed by atoms with Gasteiger partial charge in [0.25, 0.3) is 0 Å². The summed E-state index contributed by atoms with van der Waals surface area (Å²) in [5.41, 5.74) is 1.68. The van der Waals surface area contributed by atoms with E-state index in [2.05, 4.69) is 5.32 Å². The van der Waals surface area contributed by atoms with E-state index in [9.17, 15) is 19.2 Å². The average molecular weight is 414 g/mol. The zero-order chi connectivity index (χ0) is 21.7. The third-order valence-electron chi connectivity index (χ3n) is 6.08. The predicted molar refractivity (Wildman–Crippen MR) is 113 cm³/mol. The predicted octanol–water partition coefficient (Wildman–Crippen LogP) is 2.74. The highest BCUT2D eigenvalue weighted by atomic mass is 16.2. The fourth-order valence-electron chi connectivity index (χ4n) is 4.45. The van der Waals surface area contributed by atoms with Crippen molar-refractivity contribution < 1.29 is 19.2 Å². The number of fused-ring (bicyclic) bond motifs is 1. The molecule has 1 aliphatic heterocycles. The SMILES string of the molecule is CCCN(CC(=O)Nc1ccccc1C)C(=O)CCN1C(=O)[C@@H]2CCCC[C@H]2C1=O. The zero-order valence-corrected chi connectivity index (χ0v) is 17.9. The third-order valence-corrected chi connectivity index (χ3v) is 6.08. The molecule has 162 valence electrons. The lowest BCUT2D eigenvalue weighted by Crippen LogP contribution is -2.41. The van der Waals surface area contributed by atoms with Gasteiger partial charge < -0.3 is 10.2 Å². The molecule has 1 saturated heterocycles. The Morgan fingerprint density at radius 1 is 1.10 bits per heavy atom. The number of hydrogen-bond donors (Lipinski definition) is 1. The molecule has 30 heavy (non-hydrogen) atoms. The summed E-state index contributed by atoms with van der Waals surface area (Å²) < 4.78 is 0. The Morgan fingerprint density at radius 3 is 2.33 bits per heavy atom. The maximum Gasteiger partial charge on any atom is 0.244 e. The van der Waals surface area contributed by atoms with Crippen LogP contribution in [0.1, 0.15) is 51.0 Å². The van der Waals surface area contributed by atoms with Gasteiger partial charge in [-0.25, -0.2) is 0 Å². The second kappa shape index (κ2) is 9.87. The van der Waals surface area contributed by atoms with Gasteiger partial charge in [0.2, 0.25) is 23.6 Å². The van der Waals surface area contributed by atoms with Gasteiger partial charge in [-0.2, -0.15) is 0 Å². The van der Waals surface area contributed by atoms with Crippen molar-refractivity contribution in [3.63, 3.8) is 0 Å². The van der Waals surface area contributed by atoms with E-state index in [-0.39, 0.29) is 55.0 Å². The van der Waals surface area contributed by atoms with E-state index in [4.69, 9.17) is 0 Å². The lowest BCUT2D eigenvalue weighted by atomic mass is 9.81. The van der Waals surface area contributed by atoms with Crippen molar-refractivity contribution in [1.29, 1.82) is 0 Å². The molecule has 4 amide bonds. The number of imide groups is 1. The van der Waals surface area contributed by atoms with Gasteiger partial charge in [-0.05, 0) is 37.8 Å². The Labute approximate surface area is 177 Å². The van der Waals surface area contributed by atoms with Crippen LogP contribution in [0.25, 0.3) is 0 Å². The summed E-state index contributed by atoms with van der Waals surface area (Å²) in [6, 6.07) is 7.48. The molecule has 7 nitrogen and oxygen atoms in total. The molecule has 2 aliphatic rings. The number of likely N-dealkylation sites (tertiary alicyclic amines) is 1. The molecule has 0 bridgehead atoms. The fraction of sp³-hybridized carbons (Fsp3) is 0.565. The van der Waals surface area contributed by atoms with E-state index in [1.807, 2.05) is 38.1 Å². The first-order valence-electron chi connectivity index (χ1n) is 10.9. The summed E-state index contributed by atoms with van der Waals surface area (Å²) in [5, 5.41) is 2.85. The van der Waals surface area contributed by atoms with E-state index in [1.165, 1.54) is 9.80 Å². The second-order valence-corrected chi connectivity index (χ2v) is 8.25. The maximum absolute atomic E-state index is 12.8. The molecule has 2 fully saturated rings. The molecular formula is C23H31N3O4. The minimum absolute atomic E-state index is 0.0475. The van der Waals surface area contributed by atoms with Gasteiger partial charge in [0.15, 0.2) is 0 Å². The first kappa shape index (κ1) is 22.0. The first-order chi connectivity index (χ1) is 14.4. The van der Waals surface area contributed by atoms with Crippen LogP contribution in [0.3, 0.4) is 0 Å². The van der Waals surface area contributed by atoms with Crippen LogP contribution < -0.4 is 5.32 Å². The number of amides is 4. The van der Waals surface area contributed by atoms with Gasteiger partial charge >= 0.3 is 0 Å². The smallest absolute Gasteiger partial charge is 0.244 e. The van der Waals surface area contributed by atoms with E-state index in [1.54, 1.807) is 0 Å². The summed E-state index contributed by atoms with van der Waals surface area (Å²) >= 11 is 0. The molecule has 1 aromatic carbocycles. The topological polar surface area (TPSA) is 86.8 Å². The van der Waals surface area contributed by atoms with Gasteiger partial charge in [0, 0.05) is 25.2 Å². The van der Waals surface area contributed by atoms with Crippen LogP contribution in [0, 0.1) is 18.8 Å². The molecule has 1 N–H and O–H groups in total. The van der Waals surface area contributed by atoms with E-state index in [0.29, 0.717) is 6.54 Å². The van der Waals surface area contributed by atoms with Crippen LogP contribution in [0.4, 0.5) is 5.69 Å². The Morgan fingerprint density at radius 2 is 1.73 bits per heavy atom. The van der Waals surface area contributed by atoms with Crippen LogP contribution in [0.15, 0.2) is 24.3 Å². The number of anilines is 1. The normalized spacial score (nSPS) is 20.8.